The van der Waals surface area contributed by atoms with Gasteiger partial charge in [-0.15, -0.1) is 0 Å². The first-order chi connectivity index (χ1) is 15.7. The standard InChI is InChI=1S/C26H32N2O4/c1-17-24(19-7-8-19)27-23-10-9-21(32-20-11-13-30-14-12-20)15-22(23)25(17)28-26(29)31-16-18-5-3-2-4-6-18/h2-6,9-10,15,17,19-20,24-25,27H,7-8,11-14,16H2,1H3,(H,28,29)/t17?,24-,25?/m1/s1. The lowest BCUT2D eigenvalue weighted by atomic mass is 9.81. The molecule has 5 rings (SSSR count). The number of hydrogen-bond donors (Lipinski definition) is 2. The molecule has 0 radical (unpaired) electrons. The third-order valence-corrected chi connectivity index (χ3v) is 6.86. The van der Waals surface area contributed by atoms with E-state index in [4.69, 9.17) is 14.2 Å². The van der Waals surface area contributed by atoms with E-state index in [1.165, 1.54) is 12.8 Å². The molecule has 2 N–H and O–H groups in total. The largest absolute Gasteiger partial charge is 0.490 e. The van der Waals surface area contributed by atoms with Gasteiger partial charge in [0.05, 0.1) is 19.3 Å². The van der Waals surface area contributed by atoms with Crippen LogP contribution in [-0.2, 0) is 16.1 Å². The van der Waals surface area contributed by atoms with Gasteiger partial charge in [-0.3, -0.25) is 0 Å². The van der Waals surface area contributed by atoms with Gasteiger partial charge in [0, 0.05) is 36.1 Å². The first kappa shape index (κ1) is 21.1. The lowest BCUT2D eigenvalue weighted by molar-refractivity contribution is 0.0255. The highest BCUT2D eigenvalue weighted by atomic mass is 16.5. The molecule has 1 saturated heterocycles. The minimum atomic E-state index is -0.385. The van der Waals surface area contributed by atoms with Crippen LogP contribution < -0.4 is 15.4 Å². The summed E-state index contributed by atoms with van der Waals surface area (Å²) in [5.74, 6) is 1.76. The Bertz CT molecular complexity index is 925. The lowest BCUT2D eigenvalue weighted by Crippen LogP contribution is -2.45. The zero-order valence-electron chi connectivity index (χ0n) is 18.6. The van der Waals surface area contributed by atoms with Crippen molar-refractivity contribution in [2.75, 3.05) is 18.5 Å². The molecular formula is C26H32N2O4. The first-order valence-electron chi connectivity index (χ1n) is 11.8. The van der Waals surface area contributed by atoms with Crippen LogP contribution in [0.4, 0.5) is 10.5 Å². The topological polar surface area (TPSA) is 68.8 Å². The van der Waals surface area contributed by atoms with E-state index in [9.17, 15) is 4.79 Å². The van der Waals surface area contributed by atoms with Crippen LogP contribution in [0.25, 0.3) is 0 Å². The highest BCUT2D eigenvalue weighted by molar-refractivity contribution is 5.70. The number of ether oxygens (including phenoxy) is 3. The highest BCUT2D eigenvalue weighted by Crippen LogP contribution is 2.46. The van der Waals surface area contributed by atoms with Crippen molar-refractivity contribution >= 4 is 11.8 Å². The van der Waals surface area contributed by atoms with Gasteiger partial charge in [0.25, 0.3) is 0 Å². The van der Waals surface area contributed by atoms with Crippen molar-refractivity contribution in [1.29, 1.82) is 0 Å². The second-order valence-corrected chi connectivity index (χ2v) is 9.23. The quantitative estimate of drug-likeness (QED) is 0.663. The molecule has 2 unspecified atom stereocenters. The predicted octanol–water partition coefficient (Wildman–Crippen LogP) is 5.05. The average Bonchev–Trinajstić information content (AvgIpc) is 3.66. The molecule has 6 nitrogen and oxygen atoms in total. The van der Waals surface area contributed by atoms with E-state index in [1.807, 2.05) is 36.4 Å². The van der Waals surface area contributed by atoms with Gasteiger partial charge >= 0.3 is 6.09 Å². The van der Waals surface area contributed by atoms with Gasteiger partial charge in [0.2, 0.25) is 0 Å². The molecule has 2 aromatic rings. The van der Waals surface area contributed by atoms with E-state index < -0.39 is 0 Å². The van der Waals surface area contributed by atoms with E-state index in [-0.39, 0.29) is 30.8 Å². The summed E-state index contributed by atoms with van der Waals surface area (Å²) in [4.78, 5) is 12.7. The van der Waals surface area contributed by atoms with Crippen molar-refractivity contribution in [3.8, 4) is 5.75 Å². The summed E-state index contributed by atoms with van der Waals surface area (Å²) >= 11 is 0. The van der Waals surface area contributed by atoms with Crippen molar-refractivity contribution < 1.29 is 19.0 Å². The number of fused-ring (bicyclic) bond motifs is 1. The predicted molar refractivity (Wildman–Crippen MR) is 123 cm³/mol. The summed E-state index contributed by atoms with van der Waals surface area (Å²) in [5.41, 5.74) is 3.12. The van der Waals surface area contributed by atoms with Crippen molar-refractivity contribution in [2.24, 2.45) is 11.8 Å². The Labute approximate surface area is 189 Å². The molecule has 2 fully saturated rings. The third kappa shape index (κ3) is 4.85. The van der Waals surface area contributed by atoms with Crippen molar-refractivity contribution in [2.45, 2.75) is 57.4 Å². The molecule has 0 spiro atoms. The van der Waals surface area contributed by atoms with Gasteiger partial charge in [-0.25, -0.2) is 4.79 Å². The molecule has 170 valence electrons. The van der Waals surface area contributed by atoms with E-state index in [0.717, 1.165) is 48.6 Å². The molecule has 1 aliphatic carbocycles. The number of benzene rings is 2. The van der Waals surface area contributed by atoms with Crippen LogP contribution in [0.3, 0.4) is 0 Å². The highest BCUT2D eigenvalue weighted by Gasteiger charge is 2.42. The van der Waals surface area contributed by atoms with E-state index in [2.05, 4.69) is 29.7 Å². The zero-order chi connectivity index (χ0) is 21.9. The first-order valence-corrected chi connectivity index (χ1v) is 11.8. The molecule has 1 amide bonds. The Balaban J connectivity index is 1.32. The summed E-state index contributed by atoms with van der Waals surface area (Å²) in [6.07, 6.45) is 4.09. The number of alkyl carbamates (subject to hydrolysis) is 1. The van der Waals surface area contributed by atoms with Gasteiger partial charge in [-0.2, -0.15) is 0 Å². The molecule has 2 aliphatic heterocycles. The molecule has 3 aliphatic rings. The van der Waals surface area contributed by atoms with E-state index >= 15 is 0 Å². The maximum absolute atomic E-state index is 12.7. The monoisotopic (exact) mass is 436 g/mol. The number of amides is 1. The number of rotatable bonds is 6. The van der Waals surface area contributed by atoms with Crippen LogP contribution in [0.1, 0.15) is 49.8 Å². The fourth-order valence-electron chi connectivity index (χ4n) is 4.89. The van der Waals surface area contributed by atoms with Crippen LogP contribution in [0.5, 0.6) is 5.75 Å². The Morgan fingerprint density at radius 2 is 1.88 bits per heavy atom. The SMILES string of the molecule is CC1C(NC(=O)OCc2ccccc2)c2cc(OC3CCOCC3)ccc2N[C@H]1C1CC1. The van der Waals surface area contributed by atoms with Gasteiger partial charge in [-0.1, -0.05) is 37.3 Å². The fraction of sp³-hybridized carbons (Fsp3) is 0.500. The summed E-state index contributed by atoms with van der Waals surface area (Å²) in [5, 5.41) is 6.89. The normalized spacial score (nSPS) is 25.3. The minimum absolute atomic E-state index is 0.127. The smallest absolute Gasteiger partial charge is 0.407 e. The molecule has 1 saturated carbocycles. The zero-order valence-corrected chi connectivity index (χ0v) is 18.6. The number of anilines is 1. The molecular weight excluding hydrogens is 404 g/mol. The molecule has 0 aromatic heterocycles. The minimum Gasteiger partial charge on any atom is -0.490 e. The summed E-state index contributed by atoms with van der Waals surface area (Å²) in [6, 6.07) is 16.2. The number of carbonyl (C=O) groups excluding carboxylic acids is 1. The number of carbonyl (C=O) groups is 1. The molecule has 2 aromatic carbocycles. The van der Waals surface area contributed by atoms with Crippen molar-refractivity contribution in [3.05, 3.63) is 59.7 Å². The van der Waals surface area contributed by atoms with Crippen LogP contribution in [-0.4, -0.2) is 31.5 Å². The average molecular weight is 437 g/mol. The fourth-order valence-corrected chi connectivity index (χ4v) is 4.89. The Morgan fingerprint density at radius 1 is 1.09 bits per heavy atom. The molecule has 32 heavy (non-hydrogen) atoms. The van der Waals surface area contributed by atoms with Gasteiger partial charge < -0.3 is 24.8 Å². The second kappa shape index (κ2) is 9.41. The van der Waals surface area contributed by atoms with Crippen LogP contribution in [0.15, 0.2) is 48.5 Å². The Hall–Kier alpha value is -2.73. The maximum atomic E-state index is 12.7. The van der Waals surface area contributed by atoms with E-state index in [1.54, 1.807) is 0 Å². The molecule has 2 heterocycles. The Kier molecular flexibility index (Phi) is 6.21. The van der Waals surface area contributed by atoms with Crippen molar-refractivity contribution in [1.82, 2.24) is 5.32 Å². The second-order valence-electron chi connectivity index (χ2n) is 9.23. The lowest BCUT2D eigenvalue weighted by Gasteiger charge is -2.39. The van der Waals surface area contributed by atoms with Crippen molar-refractivity contribution in [3.63, 3.8) is 0 Å². The van der Waals surface area contributed by atoms with Gasteiger partial charge in [0.1, 0.15) is 18.5 Å². The maximum Gasteiger partial charge on any atom is 0.407 e. The van der Waals surface area contributed by atoms with Gasteiger partial charge in [0.15, 0.2) is 0 Å². The summed E-state index contributed by atoms with van der Waals surface area (Å²) in [6.45, 7) is 3.97. The van der Waals surface area contributed by atoms with Crippen LogP contribution >= 0.6 is 0 Å². The molecule has 0 bridgehead atoms. The third-order valence-electron chi connectivity index (χ3n) is 6.86. The summed E-state index contributed by atoms with van der Waals surface area (Å²) < 4.78 is 17.2. The molecule has 6 heteroatoms. The van der Waals surface area contributed by atoms with Gasteiger partial charge in [-0.05, 0) is 42.5 Å². The summed E-state index contributed by atoms with van der Waals surface area (Å²) in [7, 11) is 0. The number of nitrogens with one attached hydrogen (secondary N) is 2. The van der Waals surface area contributed by atoms with Crippen LogP contribution in [0.2, 0.25) is 0 Å². The van der Waals surface area contributed by atoms with E-state index in [0.29, 0.717) is 12.0 Å². The Morgan fingerprint density at radius 3 is 2.62 bits per heavy atom. The van der Waals surface area contributed by atoms with Crippen LogP contribution in [0, 0.1) is 11.8 Å². The number of hydrogen-bond acceptors (Lipinski definition) is 5. The molecule has 3 atom stereocenters.